The summed E-state index contributed by atoms with van der Waals surface area (Å²) >= 11 is 0. The van der Waals surface area contributed by atoms with Gasteiger partial charge < -0.3 is 5.11 Å². The first-order valence-electron chi connectivity index (χ1n) is 9.56. The maximum atomic E-state index is 12.0. The summed E-state index contributed by atoms with van der Waals surface area (Å²) in [6.45, 7) is 0. The molecule has 0 bridgehead atoms. The first-order valence-corrected chi connectivity index (χ1v) is 9.56. The summed E-state index contributed by atoms with van der Waals surface area (Å²) in [5.74, 6) is -0.564. The van der Waals surface area contributed by atoms with E-state index in [4.69, 9.17) is 5.11 Å². The summed E-state index contributed by atoms with van der Waals surface area (Å²) < 4.78 is 36.1. The van der Waals surface area contributed by atoms with Gasteiger partial charge in [-0.05, 0) is 30.9 Å². The maximum absolute atomic E-state index is 12.0. The minimum absolute atomic E-state index is 0.0540. The van der Waals surface area contributed by atoms with Gasteiger partial charge in [-0.25, -0.2) is 14.8 Å². The van der Waals surface area contributed by atoms with E-state index in [2.05, 4.69) is 9.97 Å². The number of hydrogen-bond acceptors (Lipinski definition) is 3. The van der Waals surface area contributed by atoms with Crippen molar-refractivity contribution in [1.29, 1.82) is 0 Å². The Kier molecular flexibility index (Phi) is 8.42. The van der Waals surface area contributed by atoms with Crippen molar-refractivity contribution in [2.24, 2.45) is 0 Å². The number of aromatic carboxylic acids is 1. The van der Waals surface area contributed by atoms with Crippen LogP contribution in [-0.4, -0.2) is 27.2 Å². The lowest BCUT2D eigenvalue weighted by Gasteiger charge is -2.06. The number of aryl methyl sites for hydroxylation is 1. The standard InChI is InChI=1S/C21H25F3N2O2/c22-21(23,24)12-7-5-3-1-2-4-6-9-16-10-8-11-17(13-16)19-25-14-18(15-26-19)20(27)28/h8,10-11,13-15H,1-7,9,12H2,(H,27,28). The summed E-state index contributed by atoms with van der Waals surface area (Å²) in [4.78, 5) is 19.1. The van der Waals surface area contributed by atoms with Crippen LogP contribution in [0.3, 0.4) is 0 Å². The van der Waals surface area contributed by atoms with Crippen molar-refractivity contribution in [3.63, 3.8) is 0 Å². The average Bonchev–Trinajstić information content (AvgIpc) is 2.66. The van der Waals surface area contributed by atoms with Crippen molar-refractivity contribution in [3.8, 4) is 11.4 Å². The molecular formula is C21H25F3N2O2. The summed E-state index contributed by atoms with van der Waals surface area (Å²) in [6, 6.07) is 7.86. The average molecular weight is 394 g/mol. The van der Waals surface area contributed by atoms with Crippen LogP contribution in [0.25, 0.3) is 11.4 Å². The third kappa shape index (κ3) is 8.06. The van der Waals surface area contributed by atoms with Gasteiger partial charge in [-0.1, -0.05) is 50.3 Å². The highest BCUT2D eigenvalue weighted by atomic mass is 19.4. The predicted molar refractivity (Wildman–Crippen MR) is 101 cm³/mol. The van der Waals surface area contributed by atoms with Gasteiger partial charge in [0.15, 0.2) is 5.82 Å². The van der Waals surface area contributed by atoms with E-state index in [9.17, 15) is 18.0 Å². The molecule has 0 saturated carbocycles. The molecule has 0 aliphatic heterocycles. The van der Waals surface area contributed by atoms with E-state index in [0.29, 0.717) is 12.2 Å². The molecule has 152 valence electrons. The molecule has 0 spiro atoms. The number of rotatable bonds is 11. The molecule has 0 fully saturated rings. The largest absolute Gasteiger partial charge is 0.478 e. The predicted octanol–water partition coefficient (Wildman–Crippen LogP) is 6.07. The summed E-state index contributed by atoms with van der Waals surface area (Å²) in [5.41, 5.74) is 2.06. The van der Waals surface area contributed by atoms with Crippen molar-refractivity contribution in [2.45, 2.75) is 64.0 Å². The molecule has 0 unspecified atom stereocenters. The molecule has 0 atom stereocenters. The van der Waals surface area contributed by atoms with Crippen molar-refractivity contribution >= 4 is 5.97 Å². The Labute approximate surface area is 162 Å². The van der Waals surface area contributed by atoms with Crippen LogP contribution in [0, 0.1) is 0 Å². The molecule has 0 aliphatic rings. The van der Waals surface area contributed by atoms with Gasteiger partial charge in [0.05, 0.1) is 5.56 Å². The Bertz CT molecular complexity index is 746. The van der Waals surface area contributed by atoms with E-state index < -0.39 is 18.6 Å². The van der Waals surface area contributed by atoms with Gasteiger partial charge in [-0.3, -0.25) is 0 Å². The first kappa shape index (κ1) is 21.9. The van der Waals surface area contributed by atoms with Gasteiger partial charge in [-0.2, -0.15) is 13.2 Å². The molecule has 7 heteroatoms. The molecule has 0 amide bonds. The molecule has 1 aromatic heterocycles. The number of hydrogen-bond donors (Lipinski definition) is 1. The quantitative estimate of drug-likeness (QED) is 0.470. The smallest absolute Gasteiger partial charge is 0.389 e. The monoisotopic (exact) mass is 394 g/mol. The zero-order valence-corrected chi connectivity index (χ0v) is 15.7. The molecule has 1 heterocycles. The van der Waals surface area contributed by atoms with Crippen molar-refractivity contribution in [3.05, 3.63) is 47.8 Å². The lowest BCUT2D eigenvalue weighted by atomic mass is 10.0. The third-order valence-electron chi connectivity index (χ3n) is 4.51. The number of carboxylic acids is 1. The van der Waals surface area contributed by atoms with Crippen molar-refractivity contribution in [1.82, 2.24) is 9.97 Å². The van der Waals surface area contributed by atoms with Crippen molar-refractivity contribution < 1.29 is 23.1 Å². The van der Waals surface area contributed by atoms with Gasteiger partial charge in [-0.15, -0.1) is 0 Å². The number of alkyl halides is 3. The second-order valence-corrected chi connectivity index (χ2v) is 6.89. The number of carboxylic acid groups (broad SMARTS) is 1. The fraction of sp³-hybridized carbons (Fsp3) is 0.476. The van der Waals surface area contributed by atoms with Gasteiger partial charge in [0.2, 0.25) is 0 Å². The summed E-state index contributed by atoms with van der Waals surface area (Å²) in [7, 11) is 0. The Balaban J connectivity index is 1.68. The highest BCUT2D eigenvalue weighted by Crippen LogP contribution is 2.23. The zero-order chi connectivity index (χ0) is 20.4. The number of nitrogens with zero attached hydrogens (tertiary/aromatic N) is 2. The summed E-state index contributed by atoms with van der Waals surface area (Å²) in [5, 5.41) is 8.90. The van der Waals surface area contributed by atoms with E-state index in [0.717, 1.165) is 49.7 Å². The second kappa shape index (κ2) is 10.8. The topological polar surface area (TPSA) is 63.1 Å². The number of carbonyl (C=O) groups is 1. The molecule has 4 nitrogen and oxygen atoms in total. The molecule has 0 aliphatic carbocycles. The molecule has 2 aromatic rings. The number of aromatic nitrogens is 2. The first-order chi connectivity index (χ1) is 13.3. The fourth-order valence-corrected chi connectivity index (χ4v) is 2.99. The van der Waals surface area contributed by atoms with E-state index in [1.807, 2.05) is 24.3 Å². The van der Waals surface area contributed by atoms with Gasteiger partial charge >= 0.3 is 12.1 Å². The number of unbranched alkanes of at least 4 members (excludes halogenated alkanes) is 6. The van der Waals surface area contributed by atoms with Gasteiger partial charge in [0, 0.05) is 24.4 Å². The summed E-state index contributed by atoms with van der Waals surface area (Å²) in [6.07, 6.45) is 4.60. The zero-order valence-electron chi connectivity index (χ0n) is 15.7. The Hall–Kier alpha value is -2.44. The highest BCUT2D eigenvalue weighted by molar-refractivity contribution is 5.86. The fourth-order valence-electron chi connectivity index (χ4n) is 2.99. The minimum atomic E-state index is -4.03. The van der Waals surface area contributed by atoms with E-state index in [1.165, 1.54) is 12.4 Å². The van der Waals surface area contributed by atoms with Crippen LogP contribution in [0.15, 0.2) is 36.7 Å². The van der Waals surface area contributed by atoms with Gasteiger partial charge in [0.25, 0.3) is 0 Å². The lowest BCUT2D eigenvalue weighted by Crippen LogP contribution is -2.06. The molecule has 1 aromatic carbocycles. The molecule has 2 rings (SSSR count). The number of benzene rings is 1. The van der Waals surface area contributed by atoms with Crippen LogP contribution in [0.4, 0.5) is 13.2 Å². The number of halogens is 3. The minimum Gasteiger partial charge on any atom is -0.478 e. The van der Waals surface area contributed by atoms with Crippen LogP contribution in [0.2, 0.25) is 0 Å². The van der Waals surface area contributed by atoms with Crippen LogP contribution < -0.4 is 0 Å². The molecule has 28 heavy (non-hydrogen) atoms. The Morgan fingerprint density at radius 3 is 2.14 bits per heavy atom. The molecule has 0 saturated heterocycles. The van der Waals surface area contributed by atoms with E-state index in [1.54, 1.807) is 0 Å². The normalized spacial score (nSPS) is 11.5. The second-order valence-electron chi connectivity index (χ2n) is 6.89. The SMILES string of the molecule is O=C(O)c1cnc(-c2cccc(CCCCCCCCCC(F)(F)F)c2)nc1. The highest BCUT2D eigenvalue weighted by Gasteiger charge is 2.25. The van der Waals surface area contributed by atoms with Crippen LogP contribution >= 0.6 is 0 Å². The third-order valence-corrected chi connectivity index (χ3v) is 4.51. The molecular weight excluding hydrogens is 369 g/mol. The lowest BCUT2D eigenvalue weighted by molar-refractivity contribution is -0.135. The molecule has 1 N–H and O–H groups in total. The van der Waals surface area contributed by atoms with Crippen LogP contribution in [0.1, 0.15) is 67.3 Å². The van der Waals surface area contributed by atoms with Crippen LogP contribution in [0.5, 0.6) is 0 Å². The van der Waals surface area contributed by atoms with Crippen molar-refractivity contribution in [2.75, 3.05) is 0 Å². The Morgan fingerprint density at radius 1 is 0.929 bits per heavy atom. The Morgan fingerprint density at radius 2 is 1.54 bits per heavy atom. The van der Waals surface area contributed by atoms with Gasteiger partial charge in [0.1, 0.15) is 0 Å². The van der Waals surface area contributed by atoms with E-state index in [-0.39, 0.29) is 12.0 Å². The van der Waals surface area contributed by atoms with E-state index >= 15 is 0 Å². The van der Waals surface area contributed by atoms with Crippen LogP contribution in [-0.2, 0) is 6.42 Å². The maximum Gasteiger partial charge on any atom is 0.389 e. The molecule has 0 radical (unpaired) electrons.